The van der Waals surface area contributed by atoms with Gasteiger partial charge in [0.1, 0.15) is 17.0 Å². The third-order valence-electron chi connectivity index (χ3n) is 7.33. The van der Waals surface area contributed by atoms with Crippen molar-refractivity contribution in [1.29, 1.82) is 0 Å². The van der Waals surface area contributed by atoms with E-state index in [0.29, 0.717) is 55.9 Å². The van der Waals surface area contributed by atoms with Gasteiger partial charge in [0.2, 0.25) is 5.91 Å². The van der Waals surface area contributed by atoms with Crippen molar-refractivity contribution in [3.8, 4) is 11.5 Å². The maximum atomic E-state index is 13.3. The second kappa shape index (κ2) is 13.5. The molecule has 1 aliphatic rings. The highest BCUT2D eigenvalue weighted by atomic mass is 35.5. The van der Waals surface area contributed by atoms with Gasteiger partial charge in [0.25, 0.3) is 0 Å². The zero-order chi connectivity index (χ0) is 27.1. The largest absolute Gasteiger partial charge is 0.506 e. The van der Waals surface area contributed by atoms with Crippen LogP contribution in [0.25, 0.3) is 10.2 Å². The fourth-order valence-corrected chi connectivity index (χ4v) is 6.32. The van der Waals surface area contributed by atoms with Gasteiger partial charge in [-0.05, 0) is 68.0 Å². The molecule has 1 unspecified atom stereocenters. The maximum absolute atomic E-state index is 13.3. The van der Waals surface area contributed by atoms with Crippen LogP contribution in [0.3, 0.4) is 0 Å². The second-order valence-electron chi connectivity index (χ2n) is 10.1. The third-order valence-corrected chi connectivity index (χ3v) is 8.59. The van der Waals surface area contributed by atoms with Gasteiger partial charge in [-0.1, -0.05) is 54.3 Å². The Labute approximate surface area is 231 Å². The molecule has 6 N–H and O–H groups in total. The smallest absolute Gasteiger partial charge is 0.305 e. The van der Waals surface area contributed by atoms with Crippen LogP contribution in [-0.4, -0.2) is 57.7 Å². The number of aromatic nitrogens is 1. The zero-order valence-electron chi connectivity index (χ0n) is 21.5. The standard InChI is InChI=1S/C28H37ClN4O4S/c29-22-16-18(7-10-23(22)34)6-9-20(30)17-25(36)33(21-4-2-1-3-5-21)15-14-31-13-12-19-8-11-24(35)26-27(19)38-28(37)32-26/h7-8,10-11,16,20-21,31,34-35H,1-6,9,12-15,17,30H2,(H,32,37). The molecule has 1 aliphatic carbocycles. The number of thiazole rings is 1. The van der Waals surface area contributed by atoms with Crippen molar-refractivity contribution in [3.05, 3.63) is 56.1 Å². The number of rotatable bonds is 12. The van der Waals surface area contributed by atoms with Crippen molar-refractivity contribution in [2.75, 3.05) is 19.6 Å². The minimum Gasteiger partial charge on any atom is -0.506 e. The minimum atomic E-state index is -0.250. The number of aryl methyl sites for hydroxylation is 1. The molecule has 1 saturated carbocycles. The molecular formula is C28H37ClN4O4S. The molecule has 8 nitrogen and oxygen atoms in total. The molecule has 1 amide bonds. The van der Waals surface area contributed by atoms with Crippen molar-refractivity contribution in [1.82, 2.24) is 15.2 Å². The van der Waals surface area contributed by atoms with Gasteiger partial charge in [-0.15, -0.1) is 0 Å². The Hall–Kier alpha value is -2.59. The fraction of sp³-hybridized carbons (Fsp3) is 0.500. The molecule has 3 aromatic rings. The number of phenols is 2. The number of hydrogen-bond acceptors (Lipinski definition) is 7. The predicted molar refractivity (Wildman–Crippen MR) is 153 cm³/mol. The van der Waals surface area contributed by atoms with Crippen LogP contribution in [0.15, 0.2) is 35.1 Å². The van der Waals surface area contributed by atoms with Crippen LogP contribution >= 0.6 is 22.9 Å². The molecule has 4 rings (SSSR count). The highest BCUT2D eigenvalue weighted by Gasteiger charge is 2.26. The summed E-state index contributed by atoms with van der Waals surface area (Å²) in [5.74, 6) is 0.249. The molecule has 0 spiro atoms. The van der Waals surface area contributed by atoms with E-state index < -0.39 is 0 Å². The van der Waals surface area contributed by atoms with Gasteiger partial charge >= 0.3 is 4.87 Å². The number of fused-ring (bicyclic) bond motifs is 1. The topological polar surface area (TPSA) is 132 Å². The van der Waals surface area contributed by atoms with Crippen LogP contribution in [-0.2, 0) is 17.6 Å². The molecule has 1 heterocycles. The van der Waals surface area contributed by atoms with E-state index in [2.05, 4.69) is 10.3 Å². The monoisotopic (exact) mass is 560 g/mol. The number of H-pyrrole nitrogens is 1. The number of carbonyl (C=O) groups is 1. The average molecular weight is 561 g/mol. The lowest BCUT2D eigenvalue weighted by Gasteiger charge is -2.35. The Morgan fingerprint density at radius 2 is 1.89 bits per heavy atom. The summed E-state index contributed by atoms with van der Waals surface area (Å²) in [6.45, 7) is 2.01. The lowest BCUT2D eigenvalue weighted by atomic mass is 9.93. The number of hydrogen-bond donors (Lipinski definition) is 5. The van der Waals surface area contributed by atoms with Crippen LogP contribution in [0.1, 0.15) is 56.1 Å². The quantitative estimate of drug-likeness (QED) is 0.210. The van der Waals surface area contributed by atoms with E-state index >= 15 is 0 Å². The third kappa shape index (κ3) is 7.50. The summed E-state index contributed by atoms with van der Waals surface area (Å²) in [5.41, 5.74) is 8.86. The zero-order valence-corrected chi connectivity index (χ0v) is 23.1. The summed E-state index contributed by atoms with van der Waals surface area (Å²) >= 11 is 7.12. The van der Waals surface area contributed by atoms with E-state index in [1.807, 2.05) is 17.0 Å². The summed E-state index contributed by atoms with van der Waals surface area (Å²) < 4.78 is 0.791. The van der Waals surface area contributed by atoms with Crippen LogP contribution in [0.5, 0.6) is 11.5 Å². The molecule has 2 aromatic carbocycles. The Balaban J connectivity index is 1.28. The fourth-order valence-electron chi connectivity index (χ4n) is 5.22. The van der Waals surface area contributed by atoms with Crippen molar-refractivity contribution < 1.29 is 15.0 Å². The van der Waals surface area contributed by atoms with E-state index in [0.717, 1.165) is 52.8 Å². The first-order valence-corrected chi connectivity index (χ1v) is 14.6. The molecule has 206 valence electrons. The summed E-state index contributed by atoms with van der Waals surface area (Å²) in [7, 11) is 0. The molecule has 1 atom stereocenters. The van der Waals surface area contributed by atoms with Crippen molar-refractivity contribution in [3.63, 3.8) is 0 Å². The van der Waals surface area contributed by atoms with Gasteiger partial charge in [0.15, 0.2) is 0 Å². The van der Waals surface area contributed by atoms with Crippen molar-refractivity contribution in [2.24, 2.45) is 5.73 Å². The van der Waals surface area contributed by atoms with Crippen LogP contribution in [0, 0.1) is 0 Å². The molecule has 0 saturated heterocycles. The van der Waals surface area contributed by atoms with Gasteiger partial charge in [0, 0.05) is 31.6 Å². The van der Waals surface area contributed by atoms with E-state index in [-0.39, 0.29) is 34.4 Å². The Kier molecular flexibility index (Phi) is 10.1. The van der Waals surface area contributed by atoms with E-state index in [1.54, 1.807) is 18.2 Å². The van der Waals surface area contributed by atoms with Gasteiger partial charge in [0.05, 0.1) is 9.72 Å². The number of aromatic hydroxyl groups is 2. The lowest BCUT2D eigenvalue weighted by Crippen LogP contribution is -2.46. The molecule has 10 heteroatoms. The van der Waals surface area contributed by atoms with Gasteiger partial charge in [-0.2, -0.15) is 0 Å². The van der Waals surface area contributed by atoms with Gasteiger partial charge in [-0.25, -0.2) is 0 Å². The molecule has 38 heavy (non-hydrogen) atoms. The average Bonchev–Trinajstić information content (AvgIpc) is 3.31. The van der Waals surface area contributed by atoms with E-state index in [1.165, 1.54) is 6.42 Å². The number of halogens is 1. The summed E-state index contributed by atoms with van der Waals surface area (Å²) in [6, 6.07) is 8.63. The van der Waals surface area contributed by atoms with Gasteiger partial charge in [-0.3, -0.25) is 9.59 Å². The first kappa shape index (κ1) is 28.4. The van der Waals surface area contributed by atoms with Crippen molar-refractivity contribution in [2.45, 2.75) is 69.9 Å². The molecule has 1 aromatic heterocycles. The Bertz CT molecular complexity index is 1290. The van der Waals surface area contributed by atoms with Crippen LogP contribution in [0.4, 0.5) is 0 Å². The maximum Gasteiger partial charge on any atom is 0.305 e. The molecule has 1 fully saturated rings. The number of benzene rings is 2. The lowest BCUT2D eigenvalue weighted by molar-refractivity contribution is -0.134. The number of carbonyl (C=O) groups excluding carboxylic acids is 1. The number of nitrogens with one attached hydrogen (secondary N) is 2. The Morgan fingerprint density at radius 3 is 2.66 bits per heavy atom. The number of phenolic OH excluding ortho intramolecular Hbond substituents is 2. The summed E-state index contributed by atoms with van der Waals surface area (Å²) in [6.07, 6.45) is 7.95. The normalized spacial score (nSPS) is 15.1. The number of aromatic amines is 1. The predicted octanol–water partition coefficient (Wildman–Crippen LogP) is 4.30. The minimum absolute atomic E-state index is 0.0598. The van der Waals surface area contributed by atoms with Gasteiger partial charge < -0.3 is 31.1 Å². The van der Waals surface area contributed by atoms with E-state index in [4.69, 9.17) is 17.3 Å². The summed E-state index contributed by atoms with van der Waals surface area (Å²) in [5, 5.41) is 23.4. The van der Waals surface area contributed by atoms with Crippen LogP contribution in [0.2, 0.25) is 5.02 Å². The SMILES string of the molecule is NC(CCc1ccc(O)c(Cl)c1)CC(=O)N(CCNCCc1ccc(O)c2[nH]c(=O)sc12)C1CCCCC1. The molecular weight excluding hydrogens is 524 g/mol. The second-order valence-corrected chi connectivity index (χ2v) is 11.5. The number of nitrogens with two attached hydrogens (primary N) is 1. The number of amides is 1. The van der Waals surface area contributed by atoms with E-state index in [9.17, 15) is 19.8 Å². The first-order valence-electron chi connectivity index (χ1n) is 13.4. The molecule has 0 radical (unpaired) electrons. The highest BCUT2D eigenvalue weighted by molar-refractivity contribution is 7.16. The Morgan fingerprint density at radius 1 is 1.13 bits per heavy atom. The molecule has 0 aliphatic heterocycles. The van der Waals surface area contributed by atoms with Crippen LogP contribution < -0.4 is 15.9 Å². The first-order chi connectivity index (χ1) is 18.3. The number of nitrogens with zero attached hydrogens (tertiary/aromatic N) is 1. The molecule has 0 bridgehead atoms. The highest BCUT2D eigenvalue weighted by Crippen LogP contribution is 2.28. The van der Waals surface area contributed by atoms with Crippen molar-refractivity contribution >= 4 is 39.1 Å². The summed E-state index contributed by atoms with van der Waals surface area (Å²) in [4.78, 5) is 29.6.